The molecule has 0 bridgehead atoms. The van der Waals surface area contributed by atoms with Gasteiger partial charge in [0.1, 0.15) is 0 Å². The predicted molar refractivity (Wildman–Crippen MR) is 139 cm³/mol. The molecule has 1 heterocycles. The Morgan fingerprint density at radius 2 is 1.57 bits per heavy atom. The van der Waals surface area contributed by atoms with Gasteiger partial charge in [-0.1, -0.05) is 46.3 Å². The zero-order valence-corrected chi connectivity index (χ0v) is 21.0. The van der Waals surface area contributed by atoms with E-state index in [1.807, 2.05) is 65.6 Å². The fourth-order valence-corrected chi connectivity index (χ4v) is 4.32. The lowest BCUT2D eigenvalue weighted by Crippen LogP contribution is -2.49. The van der Waals surface area contributed by atoms with Crippen LogP contribution in [0, 0.1) is 0 Å². The van der Waals surface area contributed by atoms with Gasteiger partial charge < -0.3 is 19.9 Å². The summed E-state index contributed by atoms with van der Waals surface area (Å²) in [6.45, 7) is 2.31. The summed E-state index contributed by atoms with van der Waals surface area (Å²) in [6.07, 6.45) is 0.203. The van der Waals surface area contributed by atoms with Gasteiger partial charge in [-0.2, -0.15) is 0 Å². The van der Waals surface area contributed by atoms with Crippen LogP contribution in [-0.2, 0) is 16.0 Å². The standard InChI is InChI=1S/C27H26BrN3O4/c1-35-27(34)21-9-12-24(23(18-21)29-25(32)17-19-7-10-22(28)11-8-19)30-13-15-31(16-14-30)26(33)20-5-3-2-4-6-20/h2-12,18H,13-17H2,1H3,(H,29,32). The van der Waals surface area contributed by atoms with Crippen LogP contribution in [0.5, 0.6) is 0 Å². The Balaban J connectivity index is 1.49. The molecule has 35 heavy (non-hydrogen) atoms. The molecule has 0 saturated carbocycles. The number of nitrogens with zero attached hydrogens (tertiary/aromatic N) is 2. The number of hydrogen-bond donors (Lipinski definition) is 1. The van der Waals surface area contributed by atoms with Crippen molar-refractivity contribution in [3.8, 4) is 0 Å². The number of halogens is 1. The van der Waals surface area contributed by atoms with Gasteiger partial charge in [0.2, 0.25) is 5.91 Å². The third kappa shape index (κ3) is 6.08. The van der Waals surface area contributed by atoms with Gasteiger partial charge in [0.25, 0.3) is 5.91 Å². The Labute approximate surface area is 212 Å². The fourth-order valence-electron chi connectivity index (χ4n) is 4.05. The Kier molecular flexibility index (Phi) is 7.82. The third-order valence-corrected chi connectivity index (χ3v) is 6.43. The molecule has 1 aliphatic rings. The van der Waals surface area contributed by atoms with Gasteiger partial charge >= 0.3 is 5.97 Å². The van der Waals surface area contributed by atoms with E-state index >= 15 is 0 Å². The molecule has 4 rings (SSSR count). The van der Waals surface area contributed by atoms with E-state index in [9.17, 15) is 14.4 Å². The van der Waals surface area contributed by atoms with Gasteiger partial charge in [-0.25, -0.2) is 4.79 Å². The molecule has 1 N–H and O–H groups in total. The quantitative estimate of drug-likeness (QED) is 0.474. The van der Waals surface area contributed by atoms with E-state index in [-0.39, 0.29) is 18.2 Å². The number of nitrogens with one attached hydrogen (secondary N) is 1. The molecule has 180 valence electrons. The van der Waals surface area contributed by atoms with Crippen molar-refractivity contribution in [1.82, 2.24) is 4.90 Å². The largest absolute Gasteiger partial charge is 0.465 e. The van der Waals surface area contributed by atoms with Gasteiger partial charge in [0.15, 0.2) is 0 Å². The maximum atomic E-state index is 12.8. The molecular weight excluding hydrogens is 510 g/mol. The highest BCUT2D eigenvalue weighted by molar-refractivity contribution is 9.10. The van der Waals surface area contributed by atoms with Crippen LogP contribution in [-0.4, -0.2) is 56.0 Å². The highest BCUT2D eigenvalue weighted by Gasteiger charge is 2.24. The Morgan fingerprint density at radius 3 is 2.23 bits per heavy atom. The minimum atomic E-state index is -0.474. The third-order valence-electron chi connectivity index (χ3n) is 5.90. The molecule has 1 fully saturated rings. The topological polar surface area (TPSA) is 79.0 Å². The maximum Gasteiger partial charge on any atom is 0.337 e. The first-order valence-electron chi connectivity index (χ1n) is 11.3. The number of benzene rings is 3. The number of amides is 2. The molecule has 1 aliphatic heterocycles. The molecule has 3 aromatic carbocycles. The molecule has 0 aromatic heterocycles. The number of carbonyl (C=O) groups is 3. The van der Waals surface area contributed by atoms with Crippen molar-refractivity contribution >= 4 is 45.1 Å². The molecule has 0 aliphatic carbocycles. The highest BCUT2D eigenvalue weighted by Crippen LogP contribution is 2.29. The van der Waals surface area contributed by atoms with Crippen LogP contribution in [0.4, 0.5) is 11.4 Å². The Hall–Kier alpha value is -3.65. The van der Waals surface area contributed by atoms with Crippen LogP contribution >= 0.6 is 15.9 Å². The first kappa shape index (κ1) is 24.5. The van der Waals surface area contributed by atoms with Crippen LogP contribution in [0.1, 0.15) is 26.3 Å². The minimum absolute atomic E-state index is 0.00862. The van der Waals surface area contributed by atoms with Crippen LogP contribution < -0.4 is 10.2 Å². The lowest BCUT2D eigenvalue weighted by Gasteiger charge is -2.37. The van der Waals surface area contributed by atoms with E-state index < -0.39 is 5.97 Å². The number of ether oxygens (including phenoxy) is 1. The zero-order valence-electron chi connectivity index (χ0n) is 19.4. The zero-order chi connectivity index (χ0) is 24.8. The SMILES string of the molecule is COC(=O)c1ccc(N2CCN(C(=O)c3ccccc3)CC2)c(NC(=O)Cc2ccc(Br)cc2)c1. The summed E-state index contributed by atoms with van der Waals surface area (Å²) in [7, 11) is 1.32. The van der Waals surface area contributed by atoms with E-state index in [4.69, 9.17) is 4.74 Å². The molecule has 0 radical (unpaired) electrons. The predicted octanol–water partition coefficient (Wildman–Crippen LogP) is 4.38. The summed E-state index contributed by atoms with van der Waals surface area (Å²) >= 11 is 3.40. The summed E-state index contributed by atoms with van der Waals surface area (Å²) < 4.78 is 5.80. The molecule has 0 unspecified atom stereocenters. The number of esters is 1. The number of anilines is 2. The van der Waals surface area contributed by atoms with Crippen LogP contribution in [0.2, 0.25) is 0 Å². The summed E-state index contributed by atoms with van der Waals surface area (Å²) in [5.41, 5.74) is 3.24. The van der Waals surface area contributed by atoms with E-state index in [2.05, 4.69) is 26.1 Å². The Bertz CT molecular complexity index is 1210. The molecular formula is C27H26BrN3O4. The van der Waals surface area contributed by atoms with Gasteiger partial charge in [0, 0.05) is 36.2 Å². The lowest BCUT2D eigenvalue weighted by molar-refractivity contribution is -0.115. The maximum absolute atomic E-state index is 12.8. The van der Waals surface area contributed by atoms with E-state index in [1.165, 1.54) is 7.11 Å². The summed E-state index contributed by atoms with van der Waals surface area (Å²) in [5.74, 6) is -0.652. The highest BCUT2D eigenvalue weighted by atomic mass is 79.9. The molecule has 0 atom stereocenters. The summed E-state index contributed by atoms with van der Waals surface area (Å²) in [4.78, 5) is 41.7. The monoisotopic (exact) mass is 535 g/mol. The van der Waals surface area contributed by atoms with Crippen molar-refractivity contribution in [1.29, 1.82) is 0 Å². The molecule has 8 heteroatoms. The van der Waals surface area contributed by atoms with Crippen molar-refractivity contribution in [2.75, 3.05) is 43.5 Å². The number of rotatable bonds is 6. The lowest BCUT2D eigenvalue weighted by atomic mass is 10.1. The summed E-state index contributed by atoms with van der Waals surface area (Å²) in [5, 5.41) is 2.97. The fraction of sp³-hybridized carbons (Fsp3) is 0.222. The normalized spacial score (nSPS) is 13.3. The average molecular weight is 536 g/mol. The average Bonchev–Trinajstić information content (AvgIpc) is 2.89. The first-order valence-corrected chi connectivity index (χ1v) is 12.1. The second-order valence-corrected chi connectivity index (χ2v) is 9.14. The minimum Gasteiger partial charge on any atom is -0.465 e. The van der Waals surface area contributed by atoms with Crippen molar-refractivity contribution in [2.24, 2.45) is 0 Å². The number of methoxy groups -OCH3 is 1. The number of hydrogen-bond acceptors (Lipinski definition) is 5. The molecule has 0 spiro atoms. The second kappa shape index (κ2) is 11.2. The molecule has 3 aromatic rings. The van der Waals surface area contributed by atoms with E-state index in [0.717, 1.165) is 15.7 Å². The van der Waals surface area contributed by atoms with Crippen LogP contribution in [0.15, 0.2) is 77.3 Å². The van der Waals surface area contributed by atoms with Crippen LogP contribution in [0.3, 0.4) is 0 Å². The first-order chi connectivity index (χ1) is 16.9. The summed E-state index contributed by atoms with van der Waals surface area (Å²) in [6, 6.07) is 21.9. The van der Waals surface area contributed by atoms with Gasteiger partial charge in [-0.05, 0) is 48.0 Å². The molecule has 1 saturated heterocycles. The van der Waals surface area contributed by atoms with Crippen molar-refractivity contribution in [2.45, 2.75) is 6.42 Å². The molecule has 7 nitrogen and oxygen atoms in total. The Morgan fingerprint density at radius 1 is 0.886 bits per heavy atom. The molecule has 2 amide bonds. The van der Waals surface area contributed by atoms with Gasteiger partial charge in [0.05, 0.1) is 30.5 Å². The number of carbonyl (C=O) groups excluding carboxylic acids is 3. The van der Waals surface area contributed by atoms with E-state index in [1.54, 1.807) is 12.1 Å². The van der Waals surface area contributed by atoms with E-state index in [0.29, 0.717) is 43.0 Å². The second-order valence-electron chi connectivity index (χ2n) is 8.22. The van der Waals surface area contributed by atoms with Crippen LogP contribution in [0.25, 0.3) is 0 Å². The smallest absolute Gasteiger partial charge is 0.337 e. The van der Waals surface area contributed by atoms with Gasteiger partial charge in [-0.3, -0.25) is 9.59 Å². The van der Waals surface area contributed by atoms with Crippen molar-refractivity contribution in [3.63, 3.8) is 0 Å². The van der Waals surface area contributed by atoms with Crippen molar-refractivity contribution < 1.29 is 19.1 Å². The van der Waals surface area contributed by atoms with Crippen molar-refractivity contribution in [3.05, 3.63) is 94.0 Å². The van der Waals surface area contributed by atoms with Gasteiger partial charge in [-0.15, -0.1) is 0 Å². The number of piperazine rings is 1.